The van der Waals surface area contributed by atoms with E-state index < -0.39 is 4.92 Å². The number of nitrogens with one attached hydrogen (secondary N) is 1. The average Bonchev–Trinajstić information content (AvgIpc) is 2.42. The quantitative estimate of drug-likeness (QED) is 0.660. The van der Waals surface area contributed by atoms with Crippen molar-refractivity contribution in [2.75, 3.05) is 5.32 Å². The normalized spacial score (nSPS) is 21.9. The monoisotopic (exact) mass is 291 g/mol. The van der Waals surface area contributed by atoms with Crippen molar-refractivity contribution >= 4 is 17.3 Å². The van der Waals surface area contributed by atoms with E-state index in [1.54, 1.807) is 19.9 Å². The van der Waals surface area contributed by atoms with E-state index in [1.165, 1.54) is 6.07 Å². The number of benzene rings is 1. The molecule has 0 aliphatic heterocycles. The van der Waals surface area contributed by atoms with Gasteiger partial charge in [-0.05, 0) is 38.3 Å². The number of carbonyl (C=O) groups is 1. The van der Waals surface area contributed by atoms with Gasteiger partial charge in [-0.25, -0.2) is 0 Å². The number of amides is 1. The van der Waals surface area contributed by atoms with Crippen LogP contribution in [0.5, 0.6) is 0 Å². The molecule has 2 atom stereocenters. The van der Waals surface area contributed by atoms with Crippen molar-refractivity contribution < 1.29 is 9.72 Å². The van der Waals surface area contributed by atoms with Crippen molar-refractivity contribution in [1.82, 2.24) is 0 Å². The second kappa shape index (κ2) is 6.22. The van der Waals surface area contributed by atoms with Crippen molar-refractivity contribution in [1.29, 1.82) is 0 Å². The van der Waals surface area contributed by atoms with Gasteiger partial charge in [-0.2, -0.15) is 0 Å². The van der Waals surface area contributed by atoms with Crippen LogP contribution in [0.15, 0.2) is 12.1 Å². The van der Waals surface area contributed by atoms with Gasteiger partial charge in [0.1, 0.15) is 0 Å². The summed E-state index contributed by atoms with van der Waals surface area (Å²) in [6.45, 7) is 3.42. The highest BCUT2D eigenvalue weighted by molar-refractivity contribution is 5.94. The molecule has 1 amide bonds. The summed E-state index contributed by atoms with van der Waals surface area (Å²) in [5, 5.41) is 13.8. The van der Waals surface area contributed by atoms with Gasteiger partial charge in [0, 0.05) is 23.4 Å². The molecule has 21 heavy (non-hydrogen) atoms. The fraction of sp³-hybridized carbons (Fsp3) is 0.533. The Morgan fingerprint density at radius 2 is 1.95 bits per heavy atom. The van der Waals surface area contributed by atoms with Gasteiger partial charge in [0.15, 0.2) is 0 Å². The number of nitrogens with two attached hydrogens (primary N) is 1. The van der Waals surface area contributed by atoms with E-state index in [2.05, 4.69) is 5.32 Å². The molecule has 0 aromatic heterocycles. The average molecular weight is 291 g/mol. The molecule has 114 valence electrons. The van der Waals surface area contributed by atoms with Crippen LogP contribution in [-0.2, 0) is 4.79 Å². The zero-order chi connectivity index (χ0) is 15.6. The second-order valence-corrected chi connectivity index (χ2v) is 5.75. The Hall–Kier alpha value is -1.95. The molecule has 0 bridgehead atoms. The molecule has 0 heterocycles. The minimum Gasteiger partial charge on any atom is -0.327 e. The van der Waals surface area contributed by atoms with Crippen LogP contribution < -0.4 is 11.1 Å². The summed E-state index contributed by atoms with van der Waals surface area (Å²) in [7, 11) is 0. The predicted octanol–water partition coefficient (Wildman–Crippen LogP) is 2.67. The number of rotatable bonds is 3. The number of nitro benzene ring substituents is 1. The molecule has 2 rings (SSSR count). The summed E-state index contributed by atoms with van der Waals surface area (Å²) in [6.07, 6.45) is 3.76. The number of hydrogen-bond acceptors (Lipinski definition) is 4. The minimum absolute atomic E-state index is 0.0693. The summed E-state index contributed by atoms with van der Waals surface area (Å²) in [5.74, 6) is -0.257. The maximum absolute atomic E-state index is 12.3. The second-order valence-electron chi connectivity index (χ2n) is 5.75. The van der Waals surface area contributed by atoms with Crippen LogP contribution in [0.3, 0.4) is 0 Å². The largest absolute Gasteiger partial charge is 0.327 e. The van der Waals surface area contributed by atoms with Gasteiger partial charge >= 0.3 is 0 Å². The van der Waals surface area contributed by atoms with Crippen molar-refractivity contribution in [2.45, 2.75) is 45.6 Å². The minimum atomic E-state index is -0.412. The van der Waals surface area contributed by atoms with Gasteiger partial charge in [-0.1, -0.05) is 12.8 Å². The fourth-order valence-corrected chi connectivity index (χ4v) is 2.84. The molecule has 1 fully saturated rings. The lowest BCUT2D eigenvalue weighted by atomic mass is 9.84. The third-order valence-corrected chi connectivity index (χ3v) is 4.15. The van der Waals surface area contributed by atoms with Gasteiger partial charge in [0.25, 0.3) is 5.69 Å². The van der Waals surface area contributed by atoms with Gasteiger partial charge in [-0.3, -0.25) is 14.9 Å². The standard InChI is InChI=1S/C15H21N3O3/c1-9-8-14(18(20)21)10(2)7-13(9)17-15(19)11-5-3-4-6-12(11)16/h7-8,11-12H,3-6,16H2,1-2H3,(H,17,19). The third-order valence-electron chi connectivity index (χ3n) is 4.15. The molecule has 1 aromatic rings. The van der Waals surface area contributed by atoms with E-state index in [1.807, 2.05) is 0 Å². The Balaban J connectivity index is 2.17. The number of aryl methyl sites for hydroxylation is 2. The molecule has 1 aromatic carbocycles. The molecule has 1 aliphatic carbocycles. The maximum atomic E-state index is 12.3. The topological polar surface area (TPSA) is 98.3 Å². The highest BCUT2D eigenvalue weighted by Gasteiger charge is 2.28. The molecule has 1 aliphatic rings. The smallest absolute Gasteiger partial charge is 0.272 e. The molecule has 0 saturated heterocycles. The van der Waals surface area contributed by atoms with Crippen molar-refractivity contribution in [2.24, 2.45) is 11.7 Å². The highest BCUT2D eigenvalue weighted by Crippen LogP contribution is 2.28. The van der Waals surface area contributed by atoms with Crippen LogP contribution in [0.25, 0.3) is 0 Å². The molecule has 0 spiro atoms. The number of hydrogen-bond donors (Lipinski definition) is 2. The van der Waals surface area contributed by atoms with E-state index in [0.29, 0.717) is 16.8 Å². The fourth-order valence-electron chi connectivity index (χ4n) is 2.84. The zero-order valence-corrected chi connectivity index (χ0v) is 12.4. The molecule has 0 radical (unpaired) electrons. The highest BCUT2D eigenvalue weighted by atomic mass is 16.6. The van der Waals surface area contributed by atoms with Gasteiger partial charge in [-0.15, -0.1) is 0 Å². The van der Waals surface area contributed by atoms with Crippen molar-refractivity contribution in [3.63, 3.8) is 0 Å². The first kappa shape index (κ1) is 15.4. The van der Waals surface area contributed by atoms with Gasteiger partial charge < -0.3 is 11.1 Å². The van der Waals surface area contributed by atoms with Crippen LogP contribution in [0, 0.1) is 29.9 Å². The summed E-state index contributed by atoms with van der Waals surface area (Å²) < 4.78 is 0. The molecule has 3 N–H and O–H groups in total. The zero-order valence-electron chi connectivity index (χ0n) is 12.4. The summed E-state index contributed by atoms with van der Waals surface area (Å²) in [5.41, 5.74) is 7.93. The Bertz CT molecular complexity index is 572. The molecule has 6 nitrogen and oxygen atoms in total. The maximum Gasteiger partial charge on any atom is 0.272 e. The van der Waals surface area contributed by atoms with Crippen LogP contribution in [0.4, 0.5) is 11.4 Å². The van der Waals surface area contributed by atoms with Crippen molar-refractivity contribution in [3.8, 4) is 0 Å². The summed E-state index contributed by atoms with van der Waals surface area (Å²) in [4.78, 5) is 22.8. The predicted molar refractivity (Wildman–Crippen MR) is 81.1 cm³/mol. The number of anilines is 1. The van der Waals surface area contributed by atoms with E-state index >= 15 is 0 Å². The Morgan fingerprint density at radius 3 is 2.57 bits per heavy atom. The molecular weight excluding hydrogens is 270 g/mol. The Kier molecular flexibility index (Phi) is 4.57. The van der Waals surface area contributed by atoms with Crippen LogP contribution in [0.1, 0.15) is 36.8 Å². The first-order valence-electron chi connectivity index (χ1n) is 7.22. The van der Waals surface area contributed by atoms with Crippen LogP contribution >= 0.6 is 0 Å². The molecular formula is C15H21N3O3. The molecule has 2 unspecified atom stereocenters. The Labute approximate surface area is 123 Å². The lowest BCUT2D eigenvalue weighted by molar-refractivity contribution is -0.385. The SMILES string of the molecule is Cc1cc([N+](=O)[O-])c(C)cc1NC(=O)C1CCCCC1N. The summed E-state index contributed by atoms with van der Waals surface area (Å²) in [6, 6.07) is 3.05. The molecule has 6 heteroatoms. The lowest BCUT2D eigenvalue weighted by Crippen LogP contribution is -2.40. The lowest BCUT2D eigenvalue weighted by Gasteiger charge is -2.27. The van der Waals surface area contributed by atoms with Crippen molar-refractivity contribution in [3.05, 3.63) is 33.4 Å². The third kappa shape index (κ3) is 3.39. The van der Waals surface area contributed by atoms with Gasteiger partial charge in [0.05, 0.1) is 10.8 Å². The number of nitro groups is 1. The van der Waals surface area contributed by atoms with E-state index in [-0.39, 0.29) is 23.6 Å². The number of carbonyl (C=O) groups excluding carboxylic acids is 1. The van der Waals surface area contributed by atoms with E-state index in [4.69, 9.17) is 5.73 Å². The first-order valence-corrected chi connectivity index (χ1v) is 7.22. The van der Waals surface area contributed by atoms with E-state index in [0.717, 1.165) is 25.7 Å². The van der Waals surface area contributed by atoms with Gasteiger partial charge in [0.2, 0.25) is 5.91 Å². The first-order chi connectivity index (χ1) is 9.90. The Morgan fingerprint density at radius 1 is 1.29 bits per heavy atom. The molecule has 1 saturated carbocycles. The van der Waals surface area contributed by atoms with E-state index in [9.17, 15) is 14.9 Å². The number of nitrogens with zero attached hydrogens (tertiary/aromatic N) is 1. The van der Waals surface area contributed by atoms with Crippen LogP contribution in [0.2, 0.25) is 0 Å². The summed E-state index contributed by atoms with van der Waals surface area (Å²) >= 11 is 0. The van der Waals surface area contributed by atoms with Crippen LogP contribution in [-0.4, -0.2) is 16.9 Å².